The predicted octanol–water partition coefficient (Wildman–Crippen LogP) is 3.08. The Kier molecular flexibility index (Phi) is 7.13. The summed E-state index contributed by atoms with van der Waals surface area (Å²) in [7, 11) is 1.34. The number of thioether (sulfide) groups is 1. The number of hydrogen-bond acceptors (Lipinski definition) is 7. The lowest BCUT2D eigenvalue weighted by Crippen LogP contribution is -2.46. The van der Waals surface area contributed by atoms with Crippen molar-refractivity contribution < 1.29 is 28.7 Å². The number of rotatable bonds is 5. The quantitative estimate of drug-likeness (QED) is 0.463. The molecule has 0 aliphatic carbocycles. The summed E-state index contributed by atoms with van der Waals surface area (Å²) >= 11 is 0.830. The van der Waals surface area contributed by atoms with E-state index in [-0.39, 0.29) is 17.4 Å². The van der Waals surface area contributed by atoms with Crippen molar-refractivity contribution in [3.63, 3.8) is 0 Å². The van der Waals surface area contributed by atoms with Gasteiger partial charge in [0.25, 0.3) is 11.1 Å². The molecule has 9 nitrogen and oxygen atoms in total. The monoisotopic (exact) mass is 497 g/mol. The Hall–Kier alpha value is -3.37. The highest BCUT2D eigenvalue weighted by molar-refractivity contribution is 8.18. The minimum absolute atomic E-state index is 0.268. The molecule has 10 heteroatoms. The van der Waals surface area contributed by atoms with E-state index in [0.717, 1.165) is 44.9 Å². The average molecular weight is 498 g/mol. The van der Waals surface area contributed by atoms with Gasteiger partial charge in [-0.3, -0.25) is 19.3 Å². The molecule has 1 aromatic heterocycles. The molecule has 0 atom stereocenters. The molecule has 0 spiro atoms. The van der Waals surface area contributed by atoms with E-state index in [2.05, 4.69) is 0 Å². The van der Waals surface area contributed by atoms with Crippen LogP contribution in [0.3, 0.4) is 0 Å². The van der Waals surface area contributed by atoms with Gasteiger partial charge in [0.2, 0.25) is 5.91 Å². The van der Waals surface area contributed by atoms with E-state index >= 15 is 0 Å². The summed E-state index contributed by atoms with van der Waals surface area (Å²) in [4.78, 5) is 53.0. The molecule has 0 N–H and O–H groups in total. The van der Waals surface area contributed by atoms with E-state index in [9.17, 15) is 19.2 Å². The van der Waals surface area contributed by atoms with Crippen molar-refractivity contribution in [3.8, 4) is 5.69 Å². The smallest absolute Gasteiger partial charge is 0.337 e. The molecule has 0 bridgehead atoms. The summed E-state index contributed by atoms with van der Waals surface area (Å²) in [6, 6.07) is 7.27. The van der Waals surface area contributed by atoms with E-state index in [4.69, 9.17) is 9.47 Å². The standard InChI is InChI=1S/C25H27N3O6S/c1-15-5-6-18(24(31)33-4)12-20(15)28-16(2)11-19(17(28)3)13-21-23(30)27(25(32)35-21)14-22(29)26-7-9-34-10-8-26/h5-6,11-13H,7-10,14H2,1-4H3/b21-13+. The molecule has 2 aliphatic rings. The molecule has 3 heterocycles. The van der Waals surface area contributed by atoms with Crippen LogP contribution in [0.2, 0.25) is 0 Å². The highest BCUT2D eigenvalue weighted by Crippen LogP contribution is 2.34. The lowest BCUT2D eigenvalue weighted by Gasteiger charge is -2.28. The Bertz CT molecular complexity index is 1240. The number of esters is 1. The first kappa shape index (κ1) is 24.7. The van der Waals surface area contributed by atoms with Crippen LogP contribution in [-0.4, -0.2) is 77.3 Å². The van der Waals surface area contributed by atoms with Crippen molar-refractivity contribution in [2.75, 3.05) is 40.0 Å². The molecule has 35 heavy (non-hydrogen) atoms. The van der Waals surface area contributed by atoms with Crippen LogP contribution in [0.15, 0.2) is 29.2 Å². The summed E-state index contributed by atoms with van der Waals surface area (Å²) in [6.45, 7) is 7.32. The minimum Gasteiger partial charge on any atom is -0.465 e. The van der Waals surface area contributed by atoms with Crippen LogP contribution >= 0.6 is 11.8 Å². The number of benzene rings is 1. The molecule has 0 saturated carbocycles. The van der Waals surface area contributed by atoms with Crippen molar-refractivity contribution in [1.29, 1.82) is 0 Å². The van der Waals surface area contributed by atoms with E-state index in [1.54, 1.807) is 23.1 Å². The summed E-state index contributed by atoms with van der Waals surface area (Å²) in [5, 5.41) is -0.460. The summed E-state index contributed by atoms with van der Waals surface area (Å²) in [5.41, 5.74) is 4.76. The fourth-order valence-corrected chi connectivity index (χ4v) is 5.05. The Balaban J connectivity index is 1.60. The van der Waals surface area contributed by atoms with Crippen molar-refractivity contribution in [2.45, 2.75) is 20.8 Å². The summed E-state index contributed by atoms with van der Waals surface area (Å²) < 4.78 is 12.1. The first-order valence-electron chi connectivity index (χ1n) is 11.2. The van der Waals surface area contributed by atoms with Gasteiger partial charge in [0.1, 0.15) is 6.54 Å². The van der Waals surface area contributed by atoms with Gasteiger partial charge >= 0.3 is 5.97 Å². The minimum atomic E-state index is -0.477. The van der Waals surface area contributed by atoms with E-state index in [0.29, 0.717) is 31.9 Å². The molecule has 0 unspecified atom stereocenters. The van der Waals surface area contributed by atoms with Crippen molar-refractivity contribution >= 4 is 40.9 Å². The van der Waals surface area contributed by atoms with Gasteiger partial charge in [-0.2, -0.15) is 0 Å². The number of imide groups is 1. The van der Waals surface area contributed by atoms with E-state index < -0.39 is 17.1 Å². The van der Waals surface area contributed by atoms with Gasteiger partial charge in [-0.25, -0.2) is 4.79 Å². The van der Waals surface area contributed by atoms with Crippen LogP contribution in [0.25, 0.3) is 11.8 Å². The maximum absolute atomic E-state index is 13.0. The van der Waals surface area contributed by atoms with Crippen molar-refractivity contribution in [1.82, 2.24) is 14.4 Å². The Morgan fingerprint density at radius 1 is 1.11 bits per heavy atom. The van der Waals surface area contributed by atoms with E-state index in [1.165, 1.54) is 7.11 Å². The maximum atomic E-state index is 13.0. The van der Waals surface area contributed by atoms with Crippen molar-refractivity contribution in [2.24, 2.45) is 0 Å². The molecular formula is C25H27N3O6S. The molecule has 3 amide bonds. The van der Waals surface area contributed by atoms with Crippen LogP contribution in [-0.2, 0) is 19.1 Å². The molecule has 2 fully saturated rings. The summed E-state index contributed by atoms with van der Waals surface area (Å²) in [5.74, 6) is -1.17. The van der Waals surface area contributed by atoms with Gasteiger partial charge in [-0.15, -0.1) is 0 Å². The molecule has 1 aromatic carbocycles. The Morgan fingerprint density at radius 2 is 1.83 bits per heavy atom. The van der Waals surface area contributed by atoms with Crippen LogP contribution in [0.5, 0.6) is 0 Å². The van der Waals surface area contributed by atoms with Gasteiger partial charge in [0.15, 0.2) is 0 Å². The van der Waals surface area contributed by atoms with Crippen LogP contribution in [0.1, 0.15) is 32.9 Å². The second kappa shape index (κ2) is 10.1. The predicted molar refractivity (Wildman–Crippen MR) is 131 cm³/mol. The second-order valence-corrected chi connectivity index (χ2v) is 9.41. The van der Waals surface area contributed by atoms with Crippen LogP contribution < -0.4 is 0 Å². The molecule has 4 rings (SSSR count). The number of ether oxygens (including phenoxy) is 2. The third kappa shape index (κ3) is 4.89. The number of morpholine rings is 1. The zero-order chi connectivity index (χ0) is 25.3. The van der Waals surface area contributed by atoms with Crippen LogP contribution in [0, 0.1) is 20.8 Å². The zero-order valence-corrected chi connectivity index (χ0v) is 20.9. The molecule has 2 aliphatic heterocycles. The van der Waals surface area contributed by atoms with Crippen LogP contribution in [0.4, 0.5) is 4.79 Å². The average Bonchev–Trinajstić information content (AvgIpc) is 3.28. The number of aryl methyl sites for hydroxylation is 2. The van der Waals surface area contributed by atoms with E-state index in [1.807, 2.05) is 37.5 Å². The summed E-state index contributed by atoms with van der Waals surface area (Å²) in [6.07, 6.45) is 1.68. The number of carbonyl (C=O) groups is 4. The highest BCUT2D eigenvalue weighted by atomic mass is 32.2. The Morgan fingerprint density at radius 3 is 2.51 bits per heavy atom. The number of aromatic nitrogens is 1. The van der Waals surface area contributed by atoms with Gasteiger partial charge in [0, 0.05) is 30.2 Å². The Labute approximate surface area is 207 Å². The SMILES string of the molecule is COC(=O)c1ccc(C)c(-n2c(C)cc(/C=C3/SC(=O)N(CC(=O)N4CCOCC4)C3=O)c2C)c1. The van der Waals surface area contributed by atoms with Gasteiger partial charge < -0.3 is 18.9 Å². The fourth-order valence-electron chi connectivity index (χ4n) is 4.23. The topological polar surface area (TPSA) is 98.2 Å². The van der Waals surface area contributed by atoms with Gasteiger partial charge in [-0.1, -0.05) is 6.07 Å². The molecule has 184 valence electrons. The maximum Gasteiger partial charge on any atom is 0.337 e. The largest absolute Gasteiger partial charge is 0.465 e. The number of amides is 3. The number of hydrogen-bond donors (Lipinski definition) is 0. The normalized spacial score (nSPS) is 17.4. The number of nitrogens with zero attached hydrogens (tertiary/aromatic N) is 3. The lowest BCUT2D eigenvalue weighted by molar-refractivity contribution is -0.139. The third-order valence-electron chi connectivity index (χ3n) is 6.16. The van der Waals surface area contributed by atoms with Gasteiger partial charge in [-0.05, 0) is 67.9 Å². The molecular weight excluding hydrogens is 470 g/mol. The van der Waals surface area contributed by atoms with Gasteiger partial charge in [0.05, 0.1) is 30.8 Å². The fraction of sp³-hybridized carbons (Fsp3) is 0.360. The highest BCUT2D eigenvalue weighted by Gasteiger charge is 2.37. The molecule has 0 radical (unpaired) electrons. The zero-order valence-electron chi connectivity index (χ0n) is 20.1. The second-order valence-electron chi connectivity index (χ2n) is 8.42. The third-order valence-corrected chi connectivity index (χ3v) is 7.07. The number of carbonyl (C=O) groups excluding carboxylic acids is 4. The number of methoxy groups -OCH3 is 1. The van der Waals surface area contributed by atoms with Crippen molar-refractivity contribution in [3.05, 3.63) is 57.2 Å². The molecule has 2 saturated heterocycles. The lowest BCUT2D eigenvalue weighted by atomic mass is 10.1. The first-order valence-corrected chi connectivity index (χ1v) is 12.0. The first-order chi connectivity index (χ1) is 16.7. The molecule has 2 aromatic rings.